The number of hydrogen-bond acceptors (Lipinski definition) is 4. The van der Waals surface area contributed by atoms with Crippen molar-refractivity contribution in [2.75, 3.05) is 5.32 Å². The number of ketones is 1. The van der Waals surface area contributed by atoms with E-state index in [1.807, 2.05) is 13.8 Å². The summed E-state index contributed by atoms with van der Waals surface area (Å²) in [4.78, 5) is 24.2. The van der Waals surface area contributed by atoms with Crippen LogP contribution in [0.3, 0.4) is 0 Å². The predicted molar refractivity (Wildman–Crippen MR) is 112 cm³/mol. The molecule has 0 aliphatic heterocycles. The second-order valence-electron chi connectivity index (χ2n) is 8.58. The molecule has 1 aliphatic carbocycles. The summed E-state index contributed by atoms with van der Waals surface area (Å²) in [6, 6.07) is 3.01. The highest BCUT2D eigenvalue weighted by Gasteiger charge is 2.36. The Bertz CT molecular complexity index is 1220. The number of hydrogen-bond donors (Lipinski definition) is 1. The number of allylic oxidation sites excluding steroid dienone is 1. The number of nitrogens with zero attached hydrogens (tertiary/aromatic N) is 4. The summed E-state index contributed by atoms with van der Waals surface area (Å²) in [5.41, 5.74) is 2.58. The van der Waals surface area contributed by atoms with Crippen LogP contribution in [0, 0.1) is 18.2 Å². The number of carbonyl (C=O) groups excluding carboxylic acids is 2. The number of amides is 1. The van der Waals surface area contributed by atoms with Gasteiger partial charge in [0.25, 0.3) is 0 Å². The lowest BCUT2D eigenvalue weighted by Crippen LogP contribution is -2.28. The van der Waals surface area contributed by atoms with E-state index in [0.29, 0.717) is 47.4 Å². The first-order valence-corrected chi connectivity index (χ1v) is 9.82. The van der Waals surface area contributed by atoms with E-state index >= 15 is 4.39 Å². The van der Waals surface area contributed by atoms with Crippen molar-refractivity contribution in [1.29, 1.82) is 0 Å². The van der Waals surface area contributed by atoms with E-state index in [9.17, 15) is 9.59 Å². The number of aryl methyl sites for hydroxylation is 1. The number of anilines is 1. The van der Waals surface area contributed by atoms with Gasteiger partial charge in [-0.1, -0.05) is 19.9 Å². The van der Waals surface area contributed by atoms with Gasteiger partial charge in [0.1, 0.15) is 11.5 Å². The normalized spacial score (nSPS) is 15.3. The molecule has 0 saturated carbocycles. The van der Waals surface area contributed by atoms with Gasteiger partial charge >= 0.3 is 0 Å². The van der Waals surface area contributed by atoms with Crippen molar-refractivity contribution >= 4 is 28.4 Å². The van der Waals surface area contributed by atoms with Gasteiger partial charge in [-0.25, -0.2) is 9.07 Å². The third-order valence-corrected chi connectivity index (χ3v) is 5.36. The lowest BCUT2D eigenvalue weighted by Gasteiger charge is -2.29. The van der Waals surface area contributed by atoms with Crippen molar-refractivity contribution in [3.8, 4) is 5.69 Å². The maximum Gasteiger partial charge on any atom is 0.222 e. The highest BCUT2D eigenvalue weighted by molar-refractivity contribution is 6.01. The van der Waals surface area contributed by atoms with Crippen LogP contribution in [0.2, 0.25) is 0 Å². The average Bonchev–Trinajstić information content (AvgIpc) is 3.11. The molecule has 1 N–H and O–H groups in total. The Morgan fingerprint density at radius 1 is 1.33 bits per heavy atom. The molecule has 1 amide bonds. The van der Waals surface area contributed by atoms with Crippen LogP contribution >= 0.6 is 0 Å². The smallest absolute Gasteiger partial charge is 0.222 e. The number of aromatic nitrogens is 4. The van der Waals surface area contributed by atoms with Gasteiger partial charge < -0.3 is 5.32 Å². The summed E-state index contributed by atoms with van der Waals surface area (Å²) in [5, 5.41) is 12.0. The van der Waals surface area contributed by atoms with E-state index < -0.39 is 5.82 Å². The Morgan fingerprint density at radius 3 is 2.73 bits per heavy atom. The molecule has 1 aromatic carbocycles. The minimum atomic E-state index is -0.506. The van der Waals surface area contributed by atoms with Gasteiger partial charge in [-0.3, -0.25) is 14.3 Å². The molecular formula is C22H24FN5O2. The minimum Gasteiger partial charge on any atom is -0.309 e. The molecule has 30 heavy (non-hydrogen) atoms. The summed E-state index contributed by atoms with van der Waals surface area (Å²) in [6.07, 6.45) is 2.74. The molecule has 0 fully saturated rings. The SMILES string of the molecule is C=CCn1nc(NC(C)=O)c2cc(F)c(-n3nc(C)c4c3CC(C)(C)CC4=O)cc21. The number of fused-ring (bicyclic) bond motifs is 2. The standard InChI is InChI=1S/C22H24FN5O2/c1-6-7-27-16-9-17(15(23)8-14(16)21(26-27)24-13(3)29)28-18-10-22(4,5)11-19(30)20(18)12(2)25-28/h6,8-9H,1,7,10-11H2,2-5H3,(H,24,26,29). The van der Waals surface area contributed by atoms with E-state index in [0.717, 1.165) is 5.69 Å². The van der Waals surface area contributed by atoms with Crippen molar-refractivity contribution in [2.45, 2.75) is 47.1 Å². The maximum atomic E-state index is 15.3. The number of benzene rings is 1. The van der Waals surface area contributed by atoms with Crippen LogP contribution in [-0.4, -0.2) is 31.3 Å². The largest absolute Gasteiger partial charge is 0.309 e. The van der Waals surface area contributed by atoms with Gasteiger partial charge in [-0.2, -0.15) is 10.2 Å². The molecule has 0 spiro atoms. The molecule has 2 aromatic heterocycles. The average molecular weight is 409 g/mol. The van der Waals surface area contributed by atoms with Crippen LogP contribution in [-0.2, 0) is 17.8 Å². The summed E-state index contributed by atoms with van der Waals surface area (Å²) >= 11 is 0. The first kappa shape index (κ1) is 20.0. The molecular weight excluding hydrogens is 385 g/mol. The molecule has 156 valence electrons. The third-order valence-electron chi connectivity index (χ3n) is 5.36. The Morgan fingerprint density at radius 2 is 2.07 bits per heavy atom. The molecule has 2 heterocycles. The fraction of sp³-hybridized carbons (Fsp3) is 0.364. The number of rotatable bonds is 4. The van der Waals surface area contributed by atoms with Crippen LogP contribution in [0.4, 0.5) is 10.2 Å². The zero-order valence-electron chi connectivity index (χ0n) is 17.5. The molecule has 0 bridgehead atoms. The fourth-order valence-corrected chi connectivity index (χ4v) is 4.20. The van der Waals surface area contributed by atoms with Gasteiger partial charge in [0.2, 0.25) is 5.91 Å². The molecule has 3 aromatic rings. The lowest BCUT2D eigenvalue weighted by molar-refractivity contribution is -0.114. The monoisotopic (exact) mass is 409 g/mol. The van der Waals surface area contributed by atoms with Crippen molar-refractivity contribution in [3.63, 3.8) is 0 Å². The van der Waals surface area contributed by atoms with E-state index in [4.69, 9.17) is 0 Å². The first-order valence-electron chi connectivity index (χ1n) is 9.82. The molecule has 4 rings (SSSR count). The number of nitrogens with one attached hydrogen (secondary N) is 1. The van der Waals surface area contributed by atoms with Gasteiger partial charge in [-0.15, -0.1) is 6.58 Å². The highest BCUT2D eigenvalue weighted by Crippen LogP contribution is 2.38. The number of halogens is 1. The van der Waals surface area contributed by atoms with E-state index in [2.05, 4.69) is 22.1 Å². The van der Waals surface area contributed by atoms with Crippen LogP contribution in [0.1, 0.15) is 48.9 Å². The number of Topliss-reactive ketones (excluding diaryl/α,β-unsaturated/α-hetero) is 1. The van der Waals surface area contributed by atoms with Crippen LogP contribution in [0.15, 0.2) is 24.8 Å². The molecule has 0 unspecified atom stereocenters. The highest BCUT2D eigenvalue weighted by atomic mass is 19.1. The molecule has 0 saturated heterocycles. The van der Waals surface area contributed by atoms with Crippen LogP contribution in [0.25, 0.3) is 16.6 Å². The van der Waals surface area contributed by atoms with E-state index in [1.165, 1.54) is 13.0 Å². The van der Waals surface area contributed by atoms with Gasteiger partial charge in [0.15, 0.2) is 11.6 Å². The van der Waals surface area contributed by atoms with Gasteiger partial charge in [-0.05, 0) is 30.9 Å². The maximum absolute atomic E-state index is 15.3. The fourth-order valence-electron chi connectivity index (χ4n) is 4.20. The molecule has 1 aliphatic rings. The Labute approximate surface area is 173 Å². The van der Waals surface area contributed by atoms with Crippen molar-refractivity contribution in [2.24, 2.45) is 5.41 Å². The molecule has 7 nitrogen and oxygen atoms in total. The van der Waals surface area contributed by atoms with Gasteiger partial charge in [0.05, 0.1) is 29.0 Å². The van der Waals surface area contributed by atoms with Crippen molar-refractivity contribution in [1.82, 2.24) is 19.6 Å². The summed E-state index contributed by atoms with van der Waals surface area (Å²) in [5.74, 6) is -0.466. The lowest BCUT2D eigenvalue weighted by atomic mass is 9.75. The number of carbonyl (C=O) groups is 2. The van der Waals surface area contributed by atoms with Crippen molar-refractivity contribution in [3.05, 3.63) is 47.6 Å². The second kappa shape index (κ2) is 6.90. The zero-order valence-corrected chi connectivity index (χ0v) is 17.5. The Hall–Kier alpha value is -3.29. The first-order chi connectivity index (χ1) is 14.1. The molecule has 0 atom stereocenters. The summed E-state index contributed by atoms with van der Waals surface area (Å²) in [7, 11) is 0. The summed E-state index contributed by atoms with van der Waals surface area (Å²) in [6.45, 7) is 11.3. The Kier molecular flexibility index (Phi) is 4.60. The Balaban J connectivity index is 1.95. The second-order valence-corrected chi connectivity index (χ2v) is 8.58. The molecule has 0 radical (unpaired) electrons. The van der Waals surface area contributed by atoms with Crippen molar-refractivity contribution < 1.29 is 14.0 Å². The topological polar surface area (TPSA) is 81.8 Å². The van der Waals surface area contributed by atoms with E-state index in [1.54, 1.807) is 28.4 Å². The van der Waals surface area contributed by atoms with Gasteiger partial charge in [0, 0.05) is 18.7 Å². The molecule has 8 heteroatoms. The zero-order chi connectivity index (χ0) is 21.8. The quantitative estimate of drug-likeness (QED) is 0.661. The minimum absolute atomic E-state index is 0.0381. The van der Waals surface area contributed by atoms with Crippen LogP contribution in [0.5, 0.6) is 0 Å². The predicted octanol–water partition coefficient (Wildman–Crippen LogP) is 3.97. The van der Waals surface area contributed by atoms with Crippen LogP contribution < -0.4 is 5.32 Å². The summed E-state index contributed by atoms with van der Waals surface area (Å²) < 4.78 is 18.5. The van der Waals surface area contributed by atoms with E-state index in [-0.39, 0.29) is 22.8 Å². The third kappa shape index (κ3) is 3.22.